The quantitative estimate of drug-likeness (QED) is 0.856. The zero-order valence-corrected chi connectivity index (χ0v) is 13.1. The van der Waals surface area contributed by atoms with Gasteiger partial charge in [0.1, 0.15) is 9.84 Å². The Kier molecular flexibility index (Phi) is 3.62. The zero-order chi connectivity index (χ0) is 14.3. The van der Waals surface area contributed by atoms with Crippen LogP contribution in [-0.2, 0) is 21.1 Å². The number of hydrogen-bond donors (Lipinski definition) is 0. The average Bonchev–Trinajstić information content (AvgIpc) is 2.94. The molecule has 0 saturated carbocycles. The van der Waals surface area contributed by atoms with E-state index in [1.54, 1.807) is 11.3 Å². The number of amides is 1. The van der Waals surface area contributed by atoms with Gasteiger partial charge in [-0.3, -0.25) is 4.79 Å². The summed E-state index contributed by atoms with van der Waals surface area (Å²) in [5.74, 6) is 0.159. The molecule has 2 saturated heterocycles. The summed E-state index contributed by atoms with van der Waals surface area (Å²) in [4.78, 5) is 15.5. The smallest absolute Gasteiger partial charge is 0.228 e. The van der Waals surface area contributed by atoms with Gasteiger partial charge in [0, 0.05) is 23.2 Å². The van der Waals surface area contributed by atoms with Crippen LogP contribution in [0.3, 0.4) is 0 Å². The van der Waals surface area contributed by atoms with Gasteiger partial charge in [-0.05, 0) is 37.1 Å². The van der Waals surface area contributed by atoms with Crippen molar-refractivity contribution >= 4 is 27.1 Å². The predicted octanol–water partition coefficient (Wildman–Crippen LogP) is 1.86. The van der Waals surface area contributed by atoms with Gasteiger partial charge >= 0.3 is 0 Å². The molecule has 110 valence electrons. The second-order valence-corrected chi connectivity index (χ2v) is 9.22. The average molecular weight is 313 g/mol. The molecule has 0 aromatic carbocycles. The Morgan fingerprint density at radius 2 is 2.00 bits per heavy atom. The number of rotatable bonds is 3. The van der Waals surface area contributed by atoms with Gasteiger partial charge in [-0.15, -0.1) is 11.3 Å². The van der Waals surface area contributed by atoms with Crippen LogP contribution in [-0.4, -0.2) is 42.8 Å². The van der Waals surface area contributed by atoms with Gasteiger partial charge in [-0.25, -0.2) is 8.42 Å². The molecular formula is C14H19NO3S2. The van der Waals surface area contributed by atoms with Gasteiger partial charge in [0.2, 0.25) is 5.91 Å². The SMILES string of the molecule is CS(=O)(=O)C1CC2CCC(C1)N2C(=O)Cc1cccs1. The Morgan fingerprint density at radius 1 is 1.35 bits per heavy atom. The van der Waals surface area contributed by atoms with Crippen molar-refractivity contribution in [3.05, 3.63) is 22.4 Å². The van der Waals surface area contributed by atoms with E-state index in [-0.39, 0.29) is 23.2 Å². The molecule has 2 bridgehead atoms. The highest BCUT2D eigenvalue weighted by atomic mass is 32.2. The minimum Gasteiger partial charge on any atom is -0.336 e. The van der Waals surface area contributed by atoms with Crippen LogP contribution in [0, 0.1) is 0 Å². The van der Waals surface area contributed by atoms with Gasteiger partial charge < -0.3 is 4.90 Å². The molecule has 1 aromatic rings. The molecule has 3 rings (SSSR count). The highest BCUT2D eigenvalue weighted by molar-refractivity contribution is 7.91. The zero-order valence-electron chi connectivity index (χ0n) is 11.5. The van der Waals surface area contributed by atoms with Crippen LogP contribution < -0.4 is 0 Å². The monoisotopic (exact) mass is 313 g/mol. The highest BCUT2D eigenvalue weighted by Gasteiger charge is 2.45. The van der Waals surface area contributed by atoms with Crippen LogP contribution in [0.25, 0.3) is 0 Å². The van der Waals surface area contributed by atoms with Crippen LogP contribution >= 0.6 is 11.3 Å². The summed E-state index contributed by atoms with van der Waals surface area (Å²) in [6.45, 7) is 0. The fourth-order valence-corrected chi connectivity index (χ4v) is 5.38. The minimum absolute atomic E-state index is 0.126. The van der Waals surface area contributed by atoms with Gasteiger partial charge in [0.05, 0.1) is 11.7 Å². The molecule has 0 N–H and O–H groups in total. The van der Waals surface area contributed by atoms with Crippen LogP contribution in [0.2, 0.25) is 0 Å². The van der Waals surface area contributed by atoms with Crippen LogP contribution in [0.15, 0.2) is 17.5 Å². The first kappa shape index (κ1) is 14.1. The maximum absolute atomic E-state index is 12.5. The van der Waals surface area contributed by atoms with Crippen molar-refractivity contribution < 1.29 is 13.2 Å². The van der Waals surface area contributed by atoms with Crippen molar-refractivity contribution in [2.45, 2.75) is 49.4 Å². The van der Waals surface area contributed by atoms with Gasteiger partial charge in [0.15, 0.2) is 0 Å². The van der Waals surface area contributed by atoms with Gasteiger partial charge in [0.25, 0.3) is 0 Å². The van der Waals surface area contributed by atoms with Crippen LogP contribution in [0.4, 0.5) is 0 Å². The maximum Gasteiger partial charge on any atom is 0.228 e. The molecule has 4 nitrogen and oxygen atoms in total. The molecule has 0 radical (unpaired) electrons. The lowest BCUT2D eigenvalue weighted by molar-refractivity contribution is -0.134. The highest BCUT2D eigenvalue weighted by Crippen LogP contribution is 2.38. The van der Waals surface area contributed by atoms with Crippen molar-refractivity contribution in [2.24, 2.45) is 0 Å². The number of sulfone groups is 1. The minimum atomic E-state index is -2.99. The number of hydrogen-bond acceptors (Lipinski definition) is 4. The first-order valence-electron chi connectivity index (χ1n) is 6.97. The van der Waals surface area contributed by atoms with Crippen molar-refractivity contribution in [1.82, 2.24) is 4.90 Å². The number of nitrogens with zero attached hydrogens (tertiary/aromatic N) is 1. The van der Waals surface area contributed by atoms with E-state index in [4.69, 9.17) is 0 Å². The molecule has 2 aliphatic rings. The Bertz CT molecular complexity index is 580. The summed E-state index contributed by atoms with van der Waals surface area (Å²) in [6, 6.07) is 4.19. The van der Waals surface area contributed by atoms with Crippen molar-refractivity contribution in [2.75, 3.05) is 6.26 Å². The summed E-state index contributed by atoms with van der Waals surface area (Å²) in [5.41, 5.74) is 0. The van der Waals surface area contributed by atoms with Crippen molar-refractivity contribution in [3.8, 4) is 0 Å². The van der Waals surface area contributed by atoms with E-state index in [0.717, 1.165) is 17.7 Å². The molecule has 0 spiro atoms. The lowest BCUT2D eigenvalue weighted by Crippen LogP contribution is -2.50. The fraction of sp³-hybridized carbons (Fsp3) is 0.643. The molecular weight excluding hydrogens is 294 g/mol. The first-order valence-corrected chi connectivity index (χ1v) is 9.81. The second kappa shape index (κ2) is 5.15. The largest absolute Gasteiger partial charge is 0.336 e. The normalized spacial score (nSPS) is 29.6. The van der Waals surface area contributed by atoms with Crippen LogP contribution in [0.5, 0.6) is 0 Å². The third-order valence-corrected chi connectivity index (χ3v) is 6.96. The van der Waals surface area contributed by atoms with E-state index in [0.29, 0.717) is 19.3 Å². The maximum atomic E-state index is 12.5. The molecule has 3 heterocycles. The number of thiophene rings is 1. The van der Waals surface area contributed by atoms with E-state index in [2.05, 4.69) is 0 Å². The Hall–Kier alpha value is -0.880. The molecule has 2 atom stereocenters. The Morgan fingerprint density at radius 3 is 2.50 bits per heavy atom. The molecule has 2 aliphatic heterocycles. The molecule has 20 heavy (non-hydrogen) atoms. The first-order chi connectivity index (χ1) is 9.45. The van der Waals surface area contributed by atoms with Crippen molar-refractivity contribution in [1.29, 1.82) is 0 Å². The summed E-state index contributed by atoms with van der Waals surface area (Å²) in [5, 5.41) is 1.72. The van der Waals surface area contributed by atoms with E-state index in [1.165, 1.54) is 6.26 Å². The molecule has 1 amide bonds. The number of fused-ring (bicyclic) bond motifs is 2. The van der Waals surface area contributed by atoms with E-state index >= 15 is 0 Å². The number of piperidine rings is 1. The second-order valence-electron chi connectivity index (χ2n) is 5.87. The van der Waals surface area contributed by atoms with Crippen LogP contribution in [0.1, 0.15) is 30.6 Å². The molecule has 6 heteroatoms. The Balaban J connectivity index is 1.72. The molecule has 1 aromatic heterocycles. The Labute approximate surface area is 123 Å². The summed E-state index contributed by atoms with van der Waals surface area (Å²) in [6.07, 6.45) is 4.91. The van der Waals surface area contributed by atoms with Gasteiger partial charge in [-0.1, -0.05) is 6.07 Å². The summed E-state index contributed by atoms with van der Waals surface area (Å²) >= 11 is 1.60. The van der Waals surface area contributed by atoms with Gasteiger partial charge in [-0.2, -0.15) is 0 Å². The lowest BCUT2D eigenvalue weighted by atomic mass is 10.0. The number of carbonyl (C=O) groups is 1. The van der Waals surface area contributed by atoms with E-state index < -0.39 is 9.84 Å². The topological polar surface area (TPSA) is 54.5 Å². The lowest BCUT2D eigenvalue weighted by Gasteiger charge is -2.38. The predicted molar refractivity (Wildman–Crippen MR) is 79.5 cm³/mol. The third-order valence-electron chi connectivity index (χ3n) is 4.49. The molecule has 0 aliphatic carbocycles. The number of carbonyl (C=O) groups excluding carboxylic acids is 1. The molecule has 2 unspecified atom stereocenters. The summed E-state index contributed by atoms with van der Waals surface area (Å²) < 4.78 is 23.5. The fourth-order valence-electron chi connectivity index (χ4n) is 3.54. The van der Waals surface area contributed by atoms with E-state index in [1.807, 2.05) is 22.4 Å². The van der Waals surface area contributed by atoms with Crippen molar-refractivity contribution in [3.63, 3.8) is 0 Å². The van der Waals surface area contributed by atoms with E-state index in [9.17, 15) is 13.2 Å². The summed E-state index contributed by atoms with van der Waals surface area (Å²) in [7, 11) is -2.99. The standard InChI is InChI=1S/C14H19NO3S2/c1-20(17,18)13-7-10-4-5-11(8-13)15(10)14(16)9-12-3-2-6-19-12/h2-3,6,10-11,13H,4-5,7-9H2,1H3. The molecule has 2 fully saturated rings. The third kappa shape index (κ3) is 2.63.